The molecule has 1 N–H and O–H groups in total. The molecule has 1 aromatic heterocycles. The first-order valence-electron chi connectivity index (χ1n) is 12.2. The maximum Gasteiger partial charge on any atom is 0.306 e. The van der Waals surface area contributed by atoms with E-state index in [0.29, 0.717) is 61.3 Å². The molecule has 7 nitrogen and oxygen atoms in total. The molecule has 0 spiro atoms. The standard InChI is InChI=1S/C27H29ClFN3O4/c1-16(2)32-24-4-3-17(9-22(24)26(28)30-32)14-35-20-11-23(29)21-10-18(15-36-25(21)12-20)13-31-7-5-19(6-8-31)27(33)34/h3-4,9-12,16,19H,5-8,13-15H2,1-2H3,(H,33,34). The largest absolute Gasteiger partial charge is 0.489 e. The molecule has 0 aliphatic carbocycles. The van der Waals surface area contributed by atoms with Gasteiger partial charge in [-0.25, -0.2) is 4.39 Å². The number of fused-ring (bicyclic) bond motifs is 2. The highest BCUT2D eigenvalue weighted by Crippen LogP contribution is 2.34. The van der Waals surface area contributed by atoms with Crippen molar-refractivity contribution in [3.05, 3.63) is 58.0 Å². The molecule has 36 heavy (non-hydrogen) atoms. The second-order valence-corrected chi connectivity index (χ2v) is 10.1. The molecule has 2 aliphatic rings. The van der Waals surface area contributed by atoms with Gasteiger partial charge in [0.2, 0.25) is 0 Å². The van der Waals surface area contributed by atoms with E-state index in [9.17, 15) is 14.3 Å². The zero-order valence-corrected chi connectivity index (χ0v) is 21.1. The van der Waals surface area contributed by atoms with Gasteiger partial charge in [-0.05, 0) is 69.1 Å². The number of nitrogens with zero attached hydrogens (tertiary/aromatic N) is 3. The van der Waals surface area contributed by atoms with Gasteiger partial charge in [-0.3, -0.25) is 14.4 Å². The molecule has 2 aromatic carbocycles. The van der Waals surface area contributed by atoms with Crippen molar-refractivity contribution in [3.8, 4) is 11.5 Å². The van der Waals surface area contributed by atoms with E-state index in [1.54, 1.807) is 6.07 Å². The van der Waals surface area contributed by atoms with Crippen LogP contribution in [0.2, 0.25) is 5.15 Å². The van der Waals surface area contributed by atoms with Crippen LogP contribution in [0.15, 0.2) is 35.9 Å². The van der Waals surface area contributed by atoms with E-state index in [-0.39, 0.29) is 18.6 Å². The summed E-state index contributed by atoms with van der Waals surface area (Å²) >= 11 is 6.33. The number of rotatable bonds is 7. The van der Waals surface area contributed by atoms with Crippen LogP contribution in [0.4, 0.5) is 4.39 Å². The topological polar surface area (TPSA) is 76.8 Å². The van der Waals surface area contributed by atoms with Crippen LogP contribution in [0.3, 0.4) is 0 Å². The molecule has 190 valence electrons. The Balaban J connectivity index is 1.25. The SMILES string of the molecule is CC(C)n1nc(Cl)c2cc(COc3cc(F)c4c(c3)OCC(CN3CCC(C(=O)O)CC3)=C4)ccc21. The fourth-order valence-corrected chi connectivity index (χ4v) is 5.08. The van der Waals surface area contributed by atoms with Gasteiger partial charge in [-0.15, -0.1) is 0 Å². The quantitative estimate of drug-likeness (QED) is 0.445. The summed E-state index contributed by atoms with van der Waals surface area (Å²) in [5.74, 6) is -0.555. The third kappa shape index (κ3) is 5.06. The minimum Gasteiger partial charge on any atom is -0.489 e. The fourth-order valence-electron chi connectivity index (χ4n) is 4.85. The Morgan fingerprint density at radius 3 is 2.78 bits per heavy atom. The molecule has 3 aromatic rings. The lowest BCUT2D eigenvalue weighted by atomic mass is 9.96. The number of halogens is 2. The van der Waals surface area contributed by atoms with Crippen LogP contribution >= 0.6 is 11.6 Å². The molecule has 9 heteroatoms. The maximum atomic E-state index is 15.0. The first-order valence-corrected chi connectivity index (χ1v) is 12.6. The van der Waals surface area contributed by atoms with Crippen molar-refractivity contribution in [1.29, 1.82) is 0 Å². The van der Waals surface area contributed by atoms with Crippen molar-refractivity contribution >= 4 is 34.5 Å². The highest BCUT2D eigenvalue weighted by molar-refractivity contribution is 6.34. The summed E-state index contributed by atoms with van der Waals surface area (Å²) in [4.78, 5) is 13.4. The molecule has 2 aliphatic heterocycles. The minimum atomic E-state index is -0.726. The monoisotopic (exact) mass is 513 g/mol. The third-order valence-corrected chi connectivity index (χ3v) is 7.09. The lowest BCUT2D eigenvalue weighted by molar-refractivity contribution is -0.143. The number of aromatic nitrogens is 2. The summed E-state index contributed by atoms with van der Waals surface area (Å²) in [5, 5.41) is 14.9. The maximum absolute atomic E-state index is 15.0. The van der Waals surface area contributed by atoms with Gasteiger partial charge in [0.25, 0.3) is 0 Å². The van der Waals surface area contributed by atoms with Gasteiger partial charge in [0.1, 0.15) is 30.5 Å². The number of benzene rings is 2. The van der Waals surface area contributed by atoms with Gasteiger partial charge in [-0.1, -0.05) is 17.7 Å². The Hall–Kier alpha value is -3.10. The van der Waals surface area contributed by atoms with Crippen LogP contribution in [-0.4, -0.2) is 52.0 Å². The van der Waals surface area contributed by atoms with Gasteiger partial charge in [0, 0.05) is 30.1 Å². The molecule has 0 radical (unpaired) electrons. The van der Waals surface area contributed by atoms with Gasteiger partial charge in [0.05, 0.1) is 17.0 Å². The average molecular weight is 514 g/mol. The van der Waals surface area contributed by atoms with Crippen molar-refractivity contribution in [3.63, 3.8) is 0 Å². The highest BCUT2D eigenvalue weighted by Gasteiger charge is 2.26. The Bertz CT molecular complexity index is 1330. The fraction of sp³-hybridized carbons (Fsp3) is 0.407. The predicted molar refractivity (Wildman–Crippen MR) is 136 cm³/mol. The van der Waals surface area contributed by atoms with Gasteiger partial charge in [0.15, 0.2) is 5.15 Å². The lowest BCUT2D eigenvalue weighted by Crippen LogP contribution is -2.38. The summed E-state index contributed by atoms with van der Waals surface area (Å²) < 4.78 is 28.6. The van der Waals surface area contributed by atoms with Gasteiger partial charge < -0.3 is 14.6 Å². The Labute approximate surface area is 214 Å². The van der Waals surface area contributed by atoms with Crippen molar-refractivity contribution in [2.24, 2.45) is 5.92 Å². The second kappa shape index (κ2) is 10.1. The van der Waals surface area contributed by atoms with Crippen molar-refractivity contribution in [1.82, 2.24) is 14.7 Å². The molecule has 0 unspecified atom stereocenters. The predicted octanol–water partition coefficient (Wildman–Crippen LogP) is 5.56. The van der Waals surface area contributed by atoms with E-state index in [4.69, 9.17) is 21.1 Å². The Morgan fingerprint density at radius 2 is 2.06 bits per heavy atom. The normalized spacial score (nSPS) is 16.6. The molecule has 0 amide bonds. The number of hydrogen-bond donors (Lipinski definition) is 1. The number of likely N-dealkylation sites (tertiary alicyclic amines) is 1. The molecular weight excluding hydrogens is 485 g/mol. The Kier molecular flexibility index (Phi) is 6.90. The van der Waals surface area contributed by atoms with E-state index >= 15 is 0 Å². The van der Waals surface area contributed by atoms with Crippen molar-refractivity contribution < 1.29 is 23.8 Å². The Morgan fingerprint density at radius 1 is 1.28 bits per heavy atom. The van der Waals surface area contributed by atoms with Crippen molar-refractivity contribution in [2.45, 2.75) is 39.3 Å². The molecular formula is C27H29ClFN3O4. The lowest BCUT2D eigenvalue weighted by Gasteiger charge is -2.31. The molecule has 0 bridgehead atoms. The van der Waals surface area contributed by atoms with Crippen molar-refractivity contribution in [2.75, 3.05) is 26.2 Å². The van der Waals surface area contributed by atoms with E-state index in [0.717, 1.165) is 22.0 Å². The first kappa shape index (κ1) is 24.6. The van der Waals surface area contributed by atoms with E-state index < -0.39 is 11.8 Å². The van der Waals surface area contributed by atoms with E-state index in [1.807, 2.05) is 29.0 Å². The molecule has 1 saturated heterocycles. The van der Waals surface area contributed by atoms with E-state index in [2.05, 4.69) is 23.8 Å². The molecule has 0 atom stereocenters. The van der Waals surface area contributed by atoms with Crippen LogP contribution in [0, 0.1) is 11.7 Å². The summed E-state index contributed by atoms with van der Waals surface area (Å²) in [6.45, 7) is 6.79. The number of carboxylic acid groups (broad SMARTS) is 1. The van der Waals surface area contributed by atoms with Crippen LogP contribution in [-0.2, 0) is 11.4 Å². The summed E-state index contributed by atoms with van der Waals surface area (Å²) in [6.07, 6.45) is 3.10. The van der Waals surface area contributed by atoms with Crippen LogP contribution < -0.4 is 9.47 Å². The van der Waals surface area contributed by atoms with Gasteiger partial charge >= 0.3 is 5.97 Å². The molecule has 5 rings (SSSR count). The second-order valence-electron chi connectivity index (χ2n) is 9.77. The summed E-state index contributed by atoms with van der Waals surface area (Å²) in [6, 6.07) is 9.16. The number of carboxylic acids is 1. The van der Waals surface area contributed by atoms with Crippen LogP contribution in [0.1, 0.15) is 43.9 Å². The summed E-state index contributed by atoms with van der Waals surface area (Å²) in [5.41, 5.74) is 3.25. The average Bonchev–Trinajstić information content (AvgIpc) is 3.19. The third-order valence-electron chi connectivity index (χ3n) is 6.81. The number of aliphatic carboxylic acids is 1. The highest BCUT2D eigenvalue weighted by atomic mass is 35.5. The smallest absolute Gasteiger partial charge is 0.306 e. The van der Waals surface area contributed by atoms with Gasteiger partial charge in [-0.2, -0.15) is 5.10 Å². The molecule has 1 fully saturated rings. The first-order chi connectivity index (χ1) is 17.3. The van der Waals surface area contributed by atoms with Crippen LogP contribution in [0.5, 0.6) is 11.5 Å². The number of hydrogen-bond acceptors (Lipinski definition) is 5. The number of piperidine rings is 1. The minimum absolute atomic E-state index is 0.194. The zero-order chi connectivity index (χ0) is 25.4. The van der Waals surface area contributed by atoms with Crippen LogP contribution in [0.25, 0.3) is 17.0 Å². The molecule has 0 saturated carbocycles. The summed E-state index contributed by atoms with van der Waals surface area (Å²) in [7, 11) is 0. The molecule has 3 heterocycles. The number of ether oxygens (including phenoxy) is 2. The zero-order valence-electron chi connectivity index (χ0n) is 20.3. The van der Waals surface area contributed by atoms with E-state index in [1.165, 1.54) is 6.07 Å². The number of carbonyl (C=O) groups is 1.